The van der Waals surface area contributed by atoms with Crippen LogP contribution >= 0.6 is 0 Å². The maximum atomic E-state index is 14.9. The van der Waals surface area contributed by atoms with E-state index in [1.165, 1.54) is 45.4 Å². The standard InChI is InChI=1S/C19H29FO2/c1-18(20,16-4-2-3-5-16)17(21)22-12-19-9-13-6-14(10-19)8-15(7-13)11-19/h13-16H,2-12H2,1H3. The highest BCUT2D eigenvalue weighted by molar-refractivity contribution is 5.79. The van der Waals surface area contributed by atoms with E-state index in [2.05, 4.69) is 0 Å². The number of carbonyl (C=O) groups excluding carboxylic acids is 1. The molecule has 4 bridgehead atoms. The van der Waals surface area contributed by atoms with E-state index in [0.29, 0.717) is 6.61 Å². The van der Waals surface area contributed by atoms with E-state index in [9.17, 15) is 9.18 Å². The van der Waals surface area contributed by atoms with Crippen LogP contribution in [0.15, 0.2) is 0 Å². The predicted octanol–water partition coefficient (Wildman–Crippen LogP) is 4.66. The van der Waals surface area contributed by atoms with Crippen molar-refractivity contribution in [3.8, 4) is 0 Å². The lowest BCUT2D eigenvalue weighted by Crippen LogP contribution is -2.49. The molecule has 0 aromatic rings. The van der Waals surface area contributed by atoms with Crippen LogP contribution in [0.4, 0.5) is 4.39 Å². The molecule has 5 fully saturated rings. The smallest absolute Gasteiger partial charge is 0.343 e. The molecule has 0 radical (unpaired) electrons. The summed E-state index contributed by atoms with van der Waals surface area (Å²) in [4.78, 5) is 12.3. The second-order valence-electron chi connectivity index (χ2n) is 9.05. The summed E-state index contributed by atoms with van der Waals surface area (Å²) in [5.41, 5.74) is -1.59. The molecule has 2 nitrogen and oxygen atoms in total. The largest absolute Gasteiger partial charge is 0.463 e. The SMILES string of the molecule is CC(F)(C(=O)OCC12CC3CC(CC(C3)C1)C2)C1CCCC1. The Labute approximate surface area is 133 Å². The molecule has 5 aliphatic carbocycles. The minimum absolute atomic E-state index is 0.128. The number of hydrogen-bond acceptors (Lipinski definition) is 2. The molecule has 5 aliphatic rings. The van der Waals surface area contributed by atoms with Gasteiger partial charge in [-0.2, -0.15) is 0 Å². The van der Waals surface area contributed by atoms with Crippen molar-refractivity contribution in [2.24, 2.45) is 29.1 Å². The van der Waals surface area contributed by atoms with Crippen molar-refractivity contribution in [1.82, 2.24) is 0 Å². The van der Waals surface area contributed by atoms with Crippen LogP contribution in [0.3, 0.4) is 0 Å². The van der Waals surface area contributed by atoms with E-state index in [1.54, 1.807) is 0 Å². The Morgan fingerprint density at radius 3 is 2.09 bits per heavy atom. The van der Waals surface area contributed by atoms with Gasteiger partial charge in [0.2, 0.25) is 5.67 Å². The molecule has 3 heteroatoms. The summed E-state index contributed by atoms with van der Waals surface area (Å²) >= 11 is 0. The maximum Gasteiger partial charge on any atom is 0.343 e. The highest BCUT2D eigenvalue weighted by Gasteiger charge is 2.52. The topological polar surface area (TPSA) is 26.3 Å². The molecule has 5 rings (SSSR count). The number of alkyl halides is 1. The van der Waals surface area contributed by atoms with Gasteiger partial charge in [-0.05, 0) is 76.0 Å². The molecule has 0 N–H and O–H groups in total. The van der Waals surface area contributed by atoms with Crippen LogP contribution in [0.1, 0.15) is 71.1 Å². The van der Waals surface area contributed by atoms with Gasteiger partial charge in [-0.1, -0.05) is 12.8 Å². The summed E-state index contributed by atoms with van der Waals surface area (Å²) in [6.07, 6.45) is 11.5. The summed E-state index contributed by atoms with van der Waals surface area (Å²) < 4.78 is 20.5. The minimum Gasteiger partial charge on any atom is -0.463 e. The van der Waals surface area contributed by atoms with E-state index < -0.39 is 11.6 Å². The number of esters is 1. The molecule has 124 valence electrons. The highest BCUT2D eigenvalue weighted by atomic mass is 19.1. The molecular weight excluding hydrogens is 279 g/mol. The summed E-state index contributed by atoms with van der Waals surface area (Å²) in [5, 5.41) is 0. The monoisotopic (exact) mass is 308 g/mol. The van der Waals surface area contributed by atoms with Gasteiger partial charge in [0.1, 0.15) is 0 Å². The van der Waals surface area contributed by atoms with E-state index in [0.717, 1.165) is 43.4 Å². The maximum absolute atomic E-state index is 14.9. The second kappa shape index (κ2) is 5.21. The Bertz CT molecular complexity index is 415. The lowest BCUT2D eigenvalue weighted by molar-refractivity contribution is -0.171. The summed E-state index contributed by atoms with van der Waals surface area (Å²) in [7, 11) is 0. The van der Waals surface area contributed by atoms with Gasteiger partial charge in [0, 0.05) is 11.3 Å². The molecule has 0 saturated heterocycles. The minimum atomic E-state index is -1.78. The van der Waals surface area contributed by atoms with Crippen LogP contribution in [0, 0.1) is 29.1 Å². The van der Waals surface area contributed by atoms with Gasteiger partial charge in [-0.15, -0.1) is 0 Å². The van der Waals surface area contributed by atoms with E-state index in [-0.39, 0.29) is 11.3 Å². The van der Waals surface area contributed by atoms with E-state index in [1.807, 2.05) is 0 Å². The Kier molecular flexibility index (Phi) is 3.54. The van der Waals surface area contributed by atoms with Crippen molar-refractivity contribution in [2.45, 2.75) is 76.8 Å². The number of carbonyl (C=O) groups is 1. The molecule has 22 heavy (non-hydrogen) atoms. The summed E-state index contributed by atoms with van der Waals surface area (Å²) in [6, 6.07) is 0. The third-order valence-corrected chi connectivity index (χ3v) is 7.20. The van der Waals surface area contributed by atoms with E-state index in [4.69, 9.17) is 4.74 Å². The van der Waals surface area contributed by atoms with Crippen molar-refractivity contribution in [1.29, 1.82) is 0 Å². The molecule has 0 aliphatic heterocycles. The first kappa shape index (κ1) is 15.0. The first-order valence-corrected chi connectivity index (χ1v) is 9.33. The zero-order valence-corrected chi connectivity index (χ0v) is 13.8. The van der Waals surface area contributed by atoms with Crippen molar-refractivity contribution in [3.05, 3.63) is 0 Å². The zero-order chi connectivity index (χ0) is 15.4. The van der Waals surface area contributed by atoms with Gasteiger partial charge in [0.15, 0.2) is 0 Å². The lowest BCUT2D eigenvalue weighted by Gasteiger charge is -2.56. The van der Waals surface area contributed by atoms with Crippen molar-refractivity contribution >= 4 is 5.97 Å². The number of rotatable bonds is 4. The fourth-order valence-electron chi connectivity index (χ4n) is 6.46. The van der Waals surface area contributed by atoms with Gasteiger partial charge in [-0.3, -0.25) is 0 Å². The molecule has 0 spiro atoms. The molecule has 1 unspecified atom stereocenters. The van der Waals surface area contributed by atoms with Crippen molar-refractivity contribution in [3.63, 3.8) is 0 Å². The van der Waals surface area contributed by atoms with Gasteiger partial charge < -0.3 is 4.74 Å². The average molecular weight is 308 g/mol. The van der Waals surface area contributed by atoms with Gasteiger partial charge >= 0.3 is 5.97 Å². The number of hydrogen-bond donors (Lipinski definition) is 0. The Morgan fingerprint density at radius 2 is 1.59 bits per heavy atom. The molecular formula is C19H29FO2. The Morgan fingerprint density at radius 1 is 1.09 bits per heavy atom. The first-order chi connectivity index (χ1) is 10.5. The Balaban J connectivity index is 1.39. The molecule has 5 saturated carbocycles. The fraction of sp³-hybridized carbons (Fsp3) is 0.947. The number of halogens is 1. The van der Waals surface area contributed by atoms with Crippen LogP contribution in [-0.2, 0) is 9.53 Å². The molecule has 0 heterocycles. The third kappa shape index (κ3) is 2.49. The quantitative estimate of drug-likeness (QED) is 0.706. The Hall–Kier alpha value is -0.600. The van der Waals surface area contributed by atoms with Crippen LogP contribution in [-0.4, -0.2) is 18.2 Å². The molecule has 1 atom stereocenters. The van der Waals surface area contributed by atoms with Crippen LogP contribution in [0.5, 0.6) is 0 Å². The van der Waals surface area contributed by atoms with Gasteiger partial charge in [0.05, 0.1) is 6.61 Å². The normalized spacial score (nSPS) is 43.3. The van der Waals surface area contributed by atoms with Crippen molar-refractivity contribution in [2.75, 3.05) is 6.61 Å². The van der Waals surface area contributed by atoms with Crippen LogP contribution in [0.25, 0.3) is 0 Å². The molecule has 0 aromatic heterocycles. The highest BCUT2D eigenvalue weighted by Crippen LogP contribution is 2.60. The average Bonchev–Trinajstić information content (AvgIpc) is 2.98. The van der Waals surface area contributed by atoms with E-state index >= 15 is 0 Å². The van der Waals surface area contributed by atoms with Crippen molar-refractivity contribution < 1.29 is 13.9 Å². The zero-order valence-electron chi connectivity index (χ0n) is 13.8. The second-order valence-corrected chi connectivity index (χ2v) is 9.05. The third-order valence-electron chi connectivity index (χ3n) is 7.20. The van der Waals surface area contributed by atoms with Gasteiger partial charge in [0.25, 0.3) is 0 Å². The van der Waals surface area contributed by atoms with Crippen LogP contribution < -0.4 is 0 Å². The van der Waals surface area contributed by atoms with Crippen LogP contribution in [0.2, 0.25) is 0 Å². The summed E-state index contributed by atoms with van der Waals surface area (Å²) in [6.45, 7) is 1.92. The van der Waals surface area contributed by atoms with Gasteiger partial charge in [-0.25, -0.2) is 9.18 Å². The molecule has 0 aromatic carbocycles. The summed E-state index contributed by atoms with van der Waals surface area (Å²) in [5.74, 6) is 1.82. The number of ether oxygens (including phenoxy) is 1. The first-order valence-electron chi connectivity index (χ1n) is 9.33. The lowest BCUT2D eigenvalue weighted by atomic mass is 9.50. The molecule has 0 amide bonds. The predicted molar refractivity (Wildman–Crippen MR) is 83.0 cm³/mol. The fourth-order valence-corrected chi connectivity index (χ4v) is 6.46.